The van der Waals surface area contributed by atoms with Crippen LogP contribution < -0.4 is 10.1 Å². The highest BCUT2D eigenvalue weighted by Crippen LogP contribution is 2.35. The van der Waals surface area contributed by atoms with Crippen molar-refractivity contribution in [2.24, 2.45) is 0 Å². The van der Waals surface area contributed by atoms with E-state index in [1.165, 1.54) is 11.8 Å². The number of nitrogens with one attached hydrogen (secondary N) is 2. The van der Waals surface area contributed by atoms with E-state index < -0.39 is 5.25 Å². The Morgan fingerprint density at radius 3 is 2.75 bits per heavy atom. The van der Waals surface area contributed by atoms with Crippen molar-refractivity contribution in [3.63, 3.8) is 0 Å². The normalized spacial score (nSPS) is 11.8. The molecular formula is C20H21ClN4O2S. The predicted octanol–water partition coefficient (Wildman–Crippen LogP) is 4.89. The fourth-order valence-corrected chi connectivity index (χ4v) is 3.83. The maximum atomic E-state index is 13.0. The van der Waals surface area contributed by atoms with Crippen LogP contribution in [0.1, 0.15) is 30.0 Å². The van der Waals surface area contributed by atoms with E-state index in [2.05, 4.69) is 27.4 Å². The number of carbonyl (C=O) groups excluding carboxylic acids is 1. The van der Waals surface area contributed by atoms with Crippen LogP contribution in [-0.2, 0) is 11.2 Å². The molecular weight excluding hydrogens is 396 g/mol. The summed E-state index contributed by atoms with van der Waals surface area (Å²) in [5, 5.41) is 10.5. The molecule has 1 atom stereocenters. The molecule has 1 unspecified atom stereocenters. The molecule has 6 nitrogen and oxygen atoms in total. The molecule has 1 aromatic heterocycles. The minimum absolute atomic E-state index is 0.181. The minimum atomic E-state index is -0.507. The molecule has 0 radical (unpaired) electrons. The largest absolute Gasteiger partial charge is 0.495 e. The zero-order valence-electron chi connectivity index (χ0n) is 15.6. The number of benzene rings is 2. The number of thioether (sulfide) groups is 1. The molecule has 0 aliphatic carbocycles. The van der Waals surface area contributed by atoms with Gasteiger partial charge in [-0.1, -0.05) is 60.6 Å². The van der Waals surface area contributed by atoms with Gasteiger partial charge in [0.1, 0.15) is 16.8 Å². The maximum absolute atomic E-state index is 13.0. The number of rotatable bonds is 8. The summed E-state index contributed by atoms with van der Waals surface area (Å²) in [7, 11) is 1.55. The lowest BCUT2D eigenvalue weighted by molar-refractivity contribution is -0.115. The number of H-pyrrole nitrogens is 1. The average molecular weight is 417 g/mol. The van der Waals surface area contributed by atoms with E-state index in [0.29, 0.717) is 21.6 Å². The first kappa shape index (κ1) is 20.2. The highest BCUT2D eigenvalue weighted by molar-refractivity contribution is 8.00. The average Bonchev–Trinajstić information content (AvgIpc) is 3.14. The summed E-state index contributed by atoms with van der Waals surface area (Å²) in [6.07, 6.45) is 1.79. The molecule has 8 heteroatoms. The number of carbonyl (C=O) groups is 1. The minimum Gasteiger partial charge on any atom is -0.495 e. The Kier molecular flexibility index (Phi) is 6.95. The van der Waals surface area contributed by atoms with Gasteiger partial charge in [0, 0.05) is 12.1 Å². The van der Waals surface area contributed by atoms with Crippen LogP contribution >= 0.6 is 23.4 Å². The number of hydrogen-bond acceptors (Lipinski definition) is 5. The van der Waals surface area contributed by atoms with E-state index in [1.807, 2.05) is 30.3 Å². The Bertz CT molecular complexity index is 933. The standard InChI is InChI=1S/C20H21ClN4O2S/c1-3-7-17-23-20(25-24-17)28-18(13-8-5-4-6-9-13)19(26)22-14-10-11-16(27-2)15(21)12-14/h4-6,8-12,18H,3,7H2,1-2H3,(H,22,26)(H,23,24,25). The molecule has 0 aliphatic heterocycles. The number of hydrogen-bond donors (Lipinski definition) is 2. The van der Waals surface area contributed by atoms with Gasteiger partial charge in [0.15, 0.2) is 0 Å². The van der Waals surface area contributed by atoms with Crippen molar-refractivity contribution >= 4 is 35.0 Å². The molecule has 2 N–H and O–H groups in total. The summed E-state index contributed by atoms with van der Waals surface area (Å²) >= 11 is 7.47. The number of aryl methyl sites for hydroxylation is 1. The van der Waals surface area contributed by atoms with Gasteiger partial charge in [0.25, 0.3) is 0 Å². The second-order valence-corrected chi connectivity index (χ2v) is 7.54. The first-order chi connectivity index (χ1) is 13.6. The second-order valence-electron chi connectivity index (χ2n) is 6.06. The van der Waals surface area contributed by atoms with Gasteiger partial charge in [-0.05, 0) is 30.2 Å². The molecule has 0 aliphatic rings. The Balaban J connectivity index is 1.81. The third-order valence-electron chi connectivity index (χ3n) is 3.98. The van der Waals surface area contributed by atoms with Gasteiger partial charge in [-0.3, -0.25) is 9.89 Å². The molecule has 0 saturated carbocycles. The first-order valence-electron chi connectivity index (χ1n) is 8.88. The van der Waals surface area contributed by atoms with Crippen LogP contribution in [0.3, 0.4) is 0 Å². The summed E-state index contributed by atoms with van der Waals surface area (Å²) in [6, 6.07) is 14.7. The Morgan fingerprint density at radius 2 is 2.07 bits per heavy atom. The van der Waals surface area contributed by atoms with Crippen LogP contribution in [0.2, 0.25) is 5.02 Å². The van der Waals surface area contributed by atoms with E-state index in [-0.39, 0.29) is 5.91 Å². The number of anilines is 1. The number of aromatic nitrogens is 3. The number of nitrogens with zero attached hydrogens (tertiary/aromatic N) is 2. The van der Waals surface area contributed by atoms with Crippen molar-refractivity contribution in [3.05, 3.63) is 64.9 Å². The van der Waals surface area contributed by atoms with Crippen LogP contribution in [-0.4, -0.2) is 28.2 Å². The number of amides is 1. The Morgan fingerprint density at radius 1 is 1.29 bits per heavy atom. The molecule has 2 aromatic carbocycles. The summed E-state index contributed by atoms with van der Waals surface area (Å²) in [5.74, 6) is 1.19. The van der Waals surface area contributed by atoms with Gasteiger partial charge in [0.2, 0.25) is 11.1 Å². The molecule has 0 spiro atoms. The Hall–Kier alpha value is -2.51. The summed E-state index contributed by atoms with van der Waals surface area (Å²) < 4.78 is 5.15. The highest BCUT2D eigenvalue weighted by Gasteiger charge is 2.24. The first-order valence-corrected chi connectivity index (χ1v) is 10.1. The topological polar surface area (TPSA) is 79.9 Å². The predicted molar refractivity (Wildman–Crippen MR) is 112 cm³/mol. The lowest BCUT2D eigenvalue weighted by atomic mass is 10.1. The third kappa shape index (κ3) is 5.05. The monoisotopic (exact) mass is 416 g/mol. The molecule has 0 fully saturated rings. The van der Waals surface area contributed by atoms with Crippen molar-refractivity contribution in [3.8, 4) is 5.75 Å². The molecule has 1 amide bonds. The van der Waals surface area contributed by atoms with Crippen LogP contribution in [0.4, 0.5) is 5.69 Å². The van der Waals surface area contributed by atoms with Gasteiger partial charge < -0.3 is 10.1 Å². The SMILES string of the molecule is CCCc1nc(SC(C(=O)Nc2ccc(OC)c(Cl)c2)c2ccccc2)n[nH]1. The fourth-order valence-electron chi connectivity index (χ4n) is 2.64. The van der Waals surface area contributed by atoms with Crippen molar-refractivity contribution in [2.75, 3.05) is 12.4 Å². The lowest BCUT2D eigenvalue weighted by Crippen LogP contribution is -2.19. The van der Waals surface area contributed by atoms with Crippen molar-refractivity contribution in [1.29, 1.82) is 0 Å². The van der Waals surface area contributed by atoms with Gasteiger partial charge in [-0.2, -0.15) is 0 Å². The number of ether oxygens (including phenoxy) is 1. The van der Waals surface area contributed by atoms with Gasteiger partial charge in [-0.25, -0.2) is 4.98 Å². The van der Waals surface area contributed by atoms with E-state index >= 15 is 0 Å². The molecule has 0 bridgehead atoms. The summed E-state index contributed by atoms with van der Waals surface area (Å²) in [5.41, 5.74) is 1.46. The van der Waals surface area contributed by atoms with Crippen molar-refractivity contribution < 1.29 is 9.53 Å². The van der Waals surface area contributed by atoms with Crippen molar-refractivity contribution in [2.45, 2.75) is 30.2 Å². The quantitative estimate of drug-likeness (QED) is 0.511. The van der Waals surface area contributed by atoms with E-state index in [4.69, 9.17) is 16.3 Å². The van der Waals surface area contributed by atoms with Crippen LogP contribution in [0.15, 0.2) is 53.7 Å². The molecule has 3 aromatic rings. The van der Waals surface area contributed by atoms with Gasteiger partial charge in [0.05, 0.1) is 12.1 Å². The summed E-state index contributed by atoms with van der Waals surface area (Å²) in [4.78, 5) is 17.5. The molecule has 146 valence electrons. The van der Waals surface area contributed by atoms with E-state index in [1.54, 1.807) is 25.3 Å². The number of methoxy groups -OCH3 is 1. The maximum Gasteiger partial charge on any atom is 0.242 e. The zero-order chi connectivity index (χ0) is 19.9. The van der Waals surface area contributed by atoms with Crippen molar-refractivity contribution in [1.82, 2.24) is 15.2 Å². The fraction of sp³-hybridized carbons (Fsp3) is 0.250. The second kappa shape index (κ2) is 9.61. The van der Waals surface area contributed by atoms with Crippen LogP contribution in [0.5, 0.6) is 5.75 Å². The molecule has 3 rings (SSSR count). The van der Waals surface area contributed by atoms with Gasteiger partial charge >= 0.3 is 0 Å². The number of halogens is 1. The number of aromatic amines is 1. The van der Waals surface area contributed by atoms with E-state index in [0.717, 1.165) is 24.2 Å². The van der Waals surface area contributed by atoms with Crippen LogP contribution in [0, 0.1) is 0 Å². The molecule has 1 heterocycles. The lowest BCUT2D eigenvalue weighted by Gasteiger charge is -2.16. The molecule has 28 heavy (non-hydrogen) atoms. The van der Waals surface area contributed by atoms with E-state index in [9.17, 15) is 4.79 Å². The highest BCUT2D eigenvalue weighted by atomic mass is 35.5. The smallest absolute Gasteiger partial charge is 0.242 e. The molecule has 0 saturated heterocycles. The third-order valence-corrected chi connectivity index (χ3v) is 5.39. The van der Waals surface area contributed by atoms with Gasteiger partial charge in [-0.15, -0.1) is 5.10 Å². The zero-order valence-corrected chi connectivity index (χ0v) is 17.2. The van der Waals surface area contributed by atoms with Crippen LogP contribution in [0.25, 0.3) is 0 Å². The summed E-state index contributed by atoms with van der Waals surface area (Å²) in [6.45, 7) is 2.08. The Labute approximate surface area is 173 Å².